The van der Waals surface area contributed by atoms with Crippen molar-refractivity contribution >= 4 is 15.7 Å². The molecular weight excluding hydrogens is 326 g/mol. The summed E-state index contributed by atoms with van der Waals surface area (Å²) in [5, 5.41) is 0. The Morgan fingerprint density at radius 2 is 1.96 bits per heavy atom. The van der Waals surface area contributed by atoms with Crippen LogP contribution >= 0.6 is 0 Å². The van der Waals surface area contributed by atoms with Crippen molar-refractivity contribution in [3.05, 3.63) is 54.1 Å². The Balaban J connectivity index is 1.86. The van der Waals surface area contributed by atoms with E-state index in [-0.39, 0.29) is 16.7 Å². The third-order valence-corrected chi connectivity index (χ3v) is 5.37. The first-order chi connectivity index (χ1) is 11.5. The van der Waals surface area contributed by atoms with Crippen molar-refractivity contribution in [3.63, 3.8) is 0 Å². The quantitative estimate of drug-likeness (QED) is 0.849. The number of carbonyl (C=O) groups excluding carboxylic acids is 1. The number of rotatable bonds is 3. The molecule has 0 aromatic carbocycles. The van der Waals surface area contributed by atoms with Gasteiger partial charge < -0.3 is 4.90 Å². The predicted octanol–water partition coefficient (Wildman–Crippen LogP) is 1.90. The predicted molar refractivity (Wildman–Crippen MR) is 89.5 cm³/mol. The highest BCUT2D eigenvalue weighted by Gasteiger charge is 2.29. The number of hydrogen-bond donors (Lipinski definition) is 0. The summed E-state index contributed by atoms with van der Waals surface area (Å²) in [7, 11) is -3.35. The summed E-state index contributed by atoms with van der Waals surface area (Å²) in [5.74, 6) is -0.130. The summed E-state index contributed by atoms with van der Waals surface area (Å²) in [6.45, 7) is 1.14. The van der Waals surface area contributed by atoms with Crippen molar-refractivity contribution in [3.8, 4) is 0 Å². The Morgan fingerprint density at radius 3 is 2.67 bits per heavy atom. The molecule has 0 saturated carbocycles. The average Bonchev–Trinajstić information content (AvgIpc) is 2.61. The molecule has 1 amide bonds. The second-order valence-electron chi connectivity index (χ2n) is 5.99. The molecule has 24 heavy (non-hydrogen) atoms. The van der Waals surface area contributed by atoms with E-state index >= 15 is 0 Å². The highest BCUT2D eigenvalue weighted by atomic mass is 32.2. The zero-order valence-electron chi connectivity index (χ0n) is 13.4. The molecule has 0 unspecified atom stereocenters. The number of sulfone groups is 1. The van der Waals surface area contributed by atoms with Crippen LogP contribution in [-0.2, 0) is 9.84 Å². The molecule has 0 bridgehead atoms. The molecule has 3 rings (SSSR count). The molecule has 0 radical (unpaired) electrons. The highest BCUT2D eigenvalue weighted by Crippen LogP contribution is 2.30. The second kappa shape index (κ2) is 6.68. The van der Waals surface area contributed by atoms with E-state index in [9.17, 15) is 13.2 Å². The van der Waals surface area contributed by atoms with Crippen molar-refractivity contribution < 1.29 is 13.2 Å². The van der Waals surface area contributed by atoms with Crippen LogP contribution in [0.3, 0.4) is 0 Å². The molecule has 0 aliphatic carbocycles. The minimum Gasteiger partial charge on any atom is -0.338 e. The monoisotopic (exact) mass is 345 g/mol. The number of amides is 1. The fourth-order valence-corrected chi connectivity index (χ4v) is 4.01. The fourth-order valence-electron chi connectivity index (χ4n) is 3.08. The molecule has 0 spiro atoms. The maximum absolute atomic E-state index is 12.6. The van der Waals surface area contributed by atoms with Gasteiger partial charge in [-0.05, 0) is 37.1 Å². The Morgan fingerprint density at radius 1 is 1.21 bits per heavy atom. The van der Waals surface area contributed by atoms with E-state index < -0.39 is 9.84 Å². The third-order valence-electron chi connectivity index (χ3n) is 4.22. The van der Waals surface area contributed by atoms with E-state index in [0.29, 0.717) is 24.3 Å². The standard InChI is InChI=1S/C17H19N3O3S/c1-24(22,23)15-5-2-8-19-16(15)14-4-3-11-20(12-14)17(21)13-6-9-18-10-7-13/h2,5-10,14H,3-4,11-12H2,1H3/t14-/m1/s1. The van der Waals surface area contributed by atoms with Crippen LogP contribution in [0.1, 0.15) is 34.8 Å². The van der Waals surface area contributed by atoms with Gasteiger partial charge >= 0.3 is 0 Å². The largest absolute Gasteiger partial charge is 0.338 e. The Labute approximate surface area is 141 Å². The van der Waals surface area contributed by atoms with Gasteiger partial charge in [0.15, 0.2) is 9.84 Å². The molecule has 2 aromatic heterocycles. The normalized spacial score (nSPS) is 18.4. The van der Waals surface area contributed by atoms with E-state index in [1.165, 1.54) is 6.26 Å². The number of nitrogens with zero attached hydrogens (tertiary/aromatic N) is 3. The molecule has 3 heterocycles. The van der Waals surface area contributed by atoms with Gasteiger partial charge in [0.25, 0.3) is 5.91 Å². The molecule has 1 atom stereocenters. The smallest absolute Gasteiger partial charge is 0.253 e. The number of aromatic nitrogens is 2. The van der Waals surface area contributed by atoms with Gasteiger partial charge in [-0.3, -0.25) is 14.8 Å². The molecule has 1 aliphatic rings. The Kier molecular flexibility index (Phi) is 4.62. The van der Waals surface area contributed by atoms with E-state index in [1.54, 1.807) is 47.8 Å². The van der Waals surface area contributed by atoms with Crippen molar-refractivity contribution in [1.29, 1.82) is 0 Å². The maximum Gasteiger partial charge on any atom is 0.253 e. The van der Waals surface area contributed by atoms with E-state index in [1.807, 2.05) is 0 Å². The fraction of sp³-hybridized carbons (Fsp3) is 0.353. The molecular formula is C17H19N3O3S. The van der Waals surface area contributed by atoms with Gasteiger partial charge in [0.2, 0.25) is 0 Å². The minimum atomic E-state index is -3.35. The summed E-state index contributed by atoms with van der Waals surface area (Å²) in [6.07, 6.45) is 7.62. The second-order valence-corrected chi connectivity index (χ2v) is 7.97. The number of hydrogen-bond acceptors (Lipinski definition) is 5. The van der Waals surface area contributed by atoms with E-state index in [4.69, 9.17) is 0 Å². The molecule has 1 aliphatic heterocycles. The Bertz CT molecular complexity index is 837. The number of carbonyl (C=O) groups is 1. The SMILES string of the molecule is CS(=O)(=O)c1cccnc1[C@@H]1CCCN(C(=O)c2ccncc2)C1. The Hall–Kier alpha value is -2.28. The van der Waals surface area contributed by atoms with Crippen LogP contribution < -0.4 is 0 Å². The molecule has 1 saturated heterocycles. The molecule has 2 aromatic rings. The number of likely N-dealkylation sites (tertiary alicyclic amines) is 1. The lowest BCUT2D eigenvalue weighted by molar-refractivity contribution is 0.0705. The summed E-state index contributed by atoms with van der Waals surface area (Å²) < 4.78 is 24.0. The van der Waals surface area contributed by atoms with Crippen molar-refractivity contribution in [2.45, 2.75) is 23.7 Å². The van der Waals surface area contributed by atoms with Crippen molar-refractivity contribution in [2.75, 3.05) is 19.3 Å². The topological polar surface area (TPSA) is 80.2 Å². The lowest BCUT2D eigenvalue weighted by Gasteiger charge is -2.33. The average molecular weight is 345 g/mol. The van der Waals surface area contributed by atoms with Crippen LogP contribution in [0.5, 0.6) is 0 Å². The zero-order chi connectivity index (χ0) is 17.2. The van der Waals surface area contributed by atoms with E-state index in [0.717, 1.165) is 12.8 Å². The van der Waals surface area contributed by atoms with Crippen LogP contribution in [0.15, 0.2) is 47.8 Å². The van der Waals surface area contributed by atoms with Gasteiger partial charge in [-0.2, -0.15) is 0 Å². The molecule has 7 heteroatoms. The minimum absolute atomic E-state index is 0.0565. The first-order valence-corrected chi connectivity index (χ1v) is 9.70. The molecule has 1 fully saturated rings. The number of piperidine rings is 1. The van der Waals surface area contributed by atoms with E-state index in [2.05, 4.69) is 9.97 Å². The van der Waals surface area contributed by atoms with Crippen LogP contribution in [0.25, 0.3) is 0 Å². The lowest BCUT2D eigenvalue weighted by Crippen LogP contribution is -2.39. The van der Waals surface area contributed by atoms with Gasteiger partial charge in [0, 0.05) is 49.4 Å². The van der Waals surface area contributed by atoms with Crippen molar-refractivity contribution in [1.82, 2.24) is 14.9 Å². The number of pyridine rings is 2. The summed E-state index contributed by atoms with van der Waals surface area (Å²) in [6, 6.07) is 6.59. The van der Waals surface area contributed by atoms with Gasteiger partial charge in [-0.1, -0.05) is 0 Å². The molecule has 0 N–H and O–H groups in total. The lowest BCUT2D eigenvalue weighted by atomic mass is 9.93. The molecule has 126 valence electrons. The first-order valence-electron chi connectivity index (χ1n) is 7.81. The van der Waals surface area contributed by atoms with Gasteiger partial charge in [-0.15, -0.1) is 0 Å². The van der Waals surface area contributed by atoms with Crippen LogP contribution in [-0.4, -0.2) is 48.5 Å². The third kappa shape index (κ3) is 3.46. The summed E-state index contributed by atoms with van der Waals surface area (Å²) >= 11 is 0. The first kappa shape index (κ1) is 16.6. The van der Waals surface area contributed by atoms with Crippen LogP contribution in [0.2, 0.25) is 0 Å². The highest BCUT2D eigenvalue weighted by molar-refractivity contribution is 7.90. The van der Waals surface area contributed by atoms with Crippen molar-refractivity contribution in [2.24, 2.45) is 0 Å². The summed E-state index contributed by atoms with van der Waals surface area (Å²) in [5.41, 5.74) is 1.15. The summed E-state index contributed by atoms with van der Waals surface area (Å²) in [4.78, 5) is 22.9. The van der Waals surface area contributed by atoms with Crippen LogP contribution in [0.4, 0.5) is 0 Å². The van der Waals surface area contributed by atoms with Gasteiger partial charge in [0.05, 0.1) is 10.6 Å². The van der Waals surface area contributed by atoms with Gasteiger partial charge in [-0.25, -0.2) is 8.42 Å². The maximum atomic E-state index is 12.6. The molecule has 6 nitrogen and oxygen atoms in total. The zero-order valence-corrected chi connectivity index (χ0v) is 14.2. The van der Waals surface area contributed by atoms with Gasteiger partial charge in [0.1, 0.15) is 0 Å². The van der Waals surface area contributed by atoms with Crippen LogP contribution in [0, 0.1) is 0 Å².